The van der Waals surface area contributed by atoms with E-state index in [4.69, 9.17) is 32.7 Å². The summed E-state index contributed by atoms with van der Waals surface area (Å²) in [6.07, 6.45) is -1.66. The second kappa shape index (κ2) is 13.5. The Morgan fingerprint density at radius 1 is 1.05 bits per heavy atom. The molecule has 0 fully saturated rings. The number of anilines is 1. The fourth-order valence-electron chi connectivity index (χ4n) is 3.63. The number of hydrogen-bond acceptors (Lipinski definition) is 8. The number of sulfonamides is 1. The first-order valence-corrected chi connectivity index (χ1v) is 13.9. The van der Waals surface area contributed by atoms with Crippen LogP contribution in [0.3, 0.4) is 0 Å². The number of amides is 2. The van der Waals surface area contributed by atoms with Crippen molar-refractivity contribution >= 4 is 56.7 Å². The predicted molar refractivity (Wildman–Crippen MR) is 150 cm³/mol. The quantitative estimate of drug-likeness (QED) is 0.288. The molecule has 41 heavy (non-hydrogen) atoms. The molecule has 0 aromatic heterocycles. The van der Waals surface area contributed by atoms with Crippen LogP contribution in [0.2, 0.25) is 10.0 Å². The molecule has 3 aromatic carbocycles. The Morgan fingerprint density at radius 2 is 1.78 bits per heavy atom. The van der Waals surface area contributed by atoms with Gasteiger partial charge in [-0.1, -0.05) is 23.2 Å². The lowest BCUT2D eigenvalue weighted by molar-refractivity contribution is -0.118. The summed E-state index contributed by atoms with van der Waals surface area (Å²) < 4.78 is 36.3. The summed E-state index contributed by atoms with van der Waals surface area (Å²) >= 11 is 12.1. The molecule has 0 atom stereocenters. The fourth-order valence-corrected chi connectivity index (χ4v) is 5.38. The number of benzene rings is 3. The lowest BCUT2D eigenvalue weighted by Crippen LogP contribution is -2.38. The molecule has 14 heteroatoms. The summed E-state index contributed by atoms with van der Waals surface area (Å²) in [5.74, 6) is -1.11. The number of methoxy groups -OCH3 is 1. The average Bonchev–Trinajstić information content (AvgIpc) is 2.92. The molecular weight excluding hydrogens is 597 g/mol. The number of ether oxygens (including phenoxy) is 2. The van der Waals surface area contributed by atoms with Crippen molar-refractivity contribution in [3.63, 3.8) is 0 Å². The molecule has 0 heterocycles. The van der Waals surface area contributed by atoms with Gasteiger partial charge in [0.25, 0.3) is 15.9 Å². The van der Waals surface area contributed by atoms with Crippen LogP contribution in [0.1, 0.15) is 27.0 Å². The van der Waals surface area contributed by atoms with Crippen LogP contribution < -0.4 is 10.1 Å². The number of carboxylic acid groups (broad SMARTS) is 1. The summed E-state index contributed by atoms with van der Waals surface area (Å²) in [5.41, 5.74) is 0.947. The predicted octanol–water partition coefficient (Wildman–Crippen LogP) is 4.74. The van der Waals surface area contributed by atoms with Crippen LogP contribution in [0.5, 0.6) is 5.75 Å². The van der Waals surface area contributed by atoms with Crippen LogP contribution in [0.4, 0.5) is 10.5 Å². The first-order valence-electron chi connectivity index (χ1n) is 11.7. The summed E-state index contributed by atoms with van der Waals surface area (Å²) in [7, 11) is -3.07. The SMILES string of the molecule is COCCN(C(=O)O)S(=O)(=O)c1ccc(NC(=O)COc2ccc(Cl)cc2C(=O)c2cc(Cl)cc(C#N)c2)c(C)c1. The fraction of sp³-hybridized carbons (Fsp3) is 0.185. The molecule has 0 aliphatic rings. The Labute approximate surface area is 245 Å². The van der Waals surface area contributed by atoms with Gasteiger partial charge in [-0.05, 0) is 67.1 Å². The molecule has 214 valence electrons. The smallest absolute Gasteiger partial charge is 0.421 e. The molecular formula is C27H23Cl2N3O8S. The molecule has 0 radical (unpaired) electrons. The topological polar surface area (TPSA) is 163 Å². The summed E-state index contributed by atoms with van der Waals surface area (Å²) in [6, 6.07) is 14.1. The monoisotopic (exact) mass is 619 g/mol. The van der Waals surface area contributed by atoms with Gasteiger partial charge < -0.3 is 19.9 Å². The van der Waals surface area contributed by atoms with E-state index in [9.17, 15) is 33.2 Å². The van der Waals surface area contributed by atoms with Crippen molar-refractivity contribution in [1.82, 2.24) is 4.31 Å². The van der Waals surface area contributed by atoms with Crippen LogP contribution >= 0.6 is 23.2 Å². The zero-order valence-electron chi connectivity index (χ0n) is 21.7. The third kappa shape index (κ3) is 7.74. The van der Waals surface area contributed by atoms with E-state index in [0.29, 0.717) is 5.56 Å². The number of carbonyl (C=O) groups is 3. The molecule has 0 unspecified atom stereocenters. The first-order chi connectivity index (χ1) is 19.4. The third-order valence-electron chi connectivity index (χ3n) is 5.61. The number of carbonyl (C=O) groups excluding carboxylic acids is 2. The minimum absolute atomic E-state index is 0.0404. The highest BCUT2D eigenvalue weighted by molar-refractivity contribution is 7.89. The lowest BCUT2D eigenvalue weighted by Gasteiger charge is -2.19. The molecule has 3 rings (SSSR count). The standard InChI is InChI=1S/C27H23Cl2N3O8S/c1-16-9-21(41(37,38)32(27(35)36)7-8-39-2)4-5-23(16)31-25(33)15-40-24-6-3-19(28)13-22(24)26(34)18-10-17(14-30)11-20(29)12-18/h3-6,9-13H,7-8,15H2,1-2H3,(H,31,33)(H,35,36). The number of hydrogen-bond donors (Lipinski definition) is 2. The van der Waals surface area contributed by atoms with E-state index >= 15 is 0 Å². The van der Waals surface area contributed by atoms with Gasteiger partial charge in [-0.25, -0.2) is 13.2 Å². The minimum Gasteiger partial charge on any atom is -0.483 e. The van der Waals surface area contributed by atoms with Crippen molar-refractivity contribution in [2.24, 2.45) is 0 Å². The molecule has 2 amide bonds. The van der Waals surface area contributed by atoms with Gasteiger partial charge in [0.1, 0.15) is 5.75 Å². The normalized spacial score (nSPS) is 10.9. The van der Waals surface area contributed by atoms with E-state index in [1.165, 1.54) is 62.6 Å². The summed E-state index contributed by atoms with van der Waals surface area (Å²) in [5, 5.41) is 21.5. The third-order valence-corrected chi connectivity index (χ3v) is 7.83. The van der Waals surface area contributed by atoms with Crippen LogP contribution in [-0.4, -0.2) is 62.5 Å². The van der Waals surface area contributed by atoms with Crippen LogP contribution in [-0.2, 0) is 19.6 Å². The van der Waals surface area contributed by atoms with Gasteiger partial charge in [0.15, 0.2) is 12.4 Å². The van der Waals surface area contributed by atoms with Gasteiger partial charge in [0, 0.05) is 28.4 Å². The molecule has 0 spiro atoms. The van der Waals surface area contributed by atoms with Gasteiger partial charge in [0.2, 0.25) is 0 Å². The average molecular weight is 620 g/mol. The number of ketones is 1. The highest BCUT2D eigenvalue weighted by atomic mass is 35.5. The second-order valence-corrected chi connectivity index (χ2v) is 11.2. The molecule has 0 aliphatic carbocycles. The van der Waals surface area contributed by atoms with Gasteiger partial charge in [-0.2, -0.15) is 9.57 Å². The zero-order chi connectivity index (χ0) is 30.3. The van der Waals surface area contributed by atoms with Gasteiger partial charge in [0.05, 0.1) is 35.2 Å². The Bertz CT molecular complexity index is 1650. The maximum absolute atomic E-state index is 13.2. The molecule has 0 aliphatic heterocycles. The Kier molecular flexibility index (Phi) is 10.3. The highest BCUT2D eigenvalue weighted by Crippen LogP contribution is 2.28. The Balaban J connectivity index is 1.76. The zero-order valence-corrected chi connectivity index (χ0v) is 24.0. The number of nitrogens with one attached hydrogen (secondary N) is 1. The summed E-state index contributed by atoms with van der Waals surface area (Å²) in [4.78, 5) is 37.1. The van der Waals surface area contributed by atoms with E-state index in [-0.39, 0.29) is 54.0 Å². The van der Waals surface area contributed by atoms with Crippen molar-refractivity contribution in [3.8, 4) is 11.8 Å². The van der Waals surface area contributed by atoms with Gasteiger partial charge >= 0.3 is 6.09 Å². The van der Waals surface area contributed by atoms with Gasteiger partial charge in [-0.3, -0.25) is 9.59 Å². The van der Waals surface area contributed by atoms with E-state index in [1.807, 2.05) is 6.07 Å². The summed E-state index contributed by atoms with van der Waals surface area (Å²) in [6.45, 7) is 0.491. The number of aryl methyl sites for hydroxylation is 1. The van der Waals surface area contributed by atoms with E-state index in [1.54, 1.807) is 0 Å². The number of rotatable bonds is 11. The minimum atomic E-state index is -4.39. The van der Waals surface area contributed by atoms with Crippen molar-refractivity contribution < 1.29 is 37.4 Å². The second-order valence-electron chi connectivity index (χ2n) is 8.48. The Hall–Kier alpha value is -4.15. The van der Waals surface area contributed by atoms with Crippen LogP contribution in [0, 0.1) is 18.3 Å². The van der Waals surface area contributed by atoms with Crippen molar-refractivity contribution in [2.45, 2.75) is 11.8 Å². The first kappa shape index (κ1) is 31.4. The Morgan fingerprint density at radius 3 is 2.41 bits per heavy atom. The molecule has 0 saturated carbocycles. The highest BCUT2D eigenvalue weighted by Gasteiger charge is 2.29. The number of nitriles is 1. The van der Waals surface area contributed by atoms with E-state index in [2.05, 4.69) is 5.32 Å². The van der Waals surface area contributed by atoms with E-state index in [0.717, 1.165) is 6.07 Å². The van der Waals surface area contributed by atoms with E-state index < -0.39 is 41.0 Å². The van der Waals surface area contributed by atoms with Crippen molar-refractivity contribution in [2.75, 3.05) is 32.2 Å². The molecule has 0 saturated heterocycles. The van der Waals surface area contributed by atoms with Crippen molar-refractivity contribution in [3.05, 3.63) is 86.9 Å². The van der Waals surface area contributed by atoms with Crippen LogP contribution in [0.25, 0.3) is 0 Å². The largest absolute Gasteiger partial charge is 0.483 e. The molecule has 0 bridgehead atoms. The maximum atomic E-state index is 13.2. The molecule has 3 aromatic rings. The number of nitrogens with zero attached hydrogens (tertiary/aromatic N) is 2. The molecule has 2 N–H and O–H groups in total. The van der Waals surface area contributed by atoms with Crippen LogP contribution in [0.15, 0.2) is 59.5 Å². The van der Waals surface area contributed by atoms with Crippen molar-refractivity contribution in [1.29, 1.82) is 5.26 Å². The maximum Gasteiger partial charge on any atom is 0.421 e. The lowest BCUT2D eigenvalue weighted by atomic mass is 10.0. The molecule has 11 nitrogen and oxygen atoms in total. The number of halogens is 2. The van der Waals surface area contributed by atoms with Gasteiger partial charge in [-0.15, -0.1) is 0 Å².